The van der Waals surface area contributed by atoms with Crippen LogP contribution >= 0.6 is 0 Å². The number of nitrogens with zero attached hydrogens (tertiary/aromatic N) is 2. The molecule has 0 aliphatic rings. The number of allylic oxidation sites excluding steroid dienone is 5. The minimum atomic E-state index is -0.226. The number of benzene rings is 1. The predicted octanol–water partition coefficient (Wildman–Crippen LogP) is 6.80. The molecule has 4 heteroatoms. The highest BCUT2D eigenvalue weighted by atomic mass is 19.1. The van der Waals surface area contributed by atoms with E-state index in [-0.39, 0.29) is 11.7 Å². The molecule has 1 aromatic carbocycles. The summed E-state index contributed by atoms with van der Waals surface area (Å²) >= 11 is 0. The van der Waals surface area contributed by atoms with E-state index < -0.39 is 0 Å². The molecule has 2 rings (SSSR count). The van der Waals surface area contributed by atoms with E-state index in [4.69, 9.17) is 4.99 Å². The number of halogens is 1. The third-order valence-electron chi connectivity index (χ3n) is 4.61. The Morgan fingerprint density at radius 3 is 2.73 bits per heavy atom. The monoisotopic (exact) mass is 403 g/mol. The molecule has 0 spiro atoms. The van der Waals surface area contributed by atoms with Crippen molar-refractivity contribution in [3.8, 4) is 0 Å². The first-order valence-corrected chi connectivity index (χ1v) is 10.3. The fourth-order valence-electron chi connectivity index (χ4n) is 3.06. The number of rotatable bonds is 10. The van der Waals surface area contributed by atoms with Gasteiger partial charge in [0.05, 0.1) is 11.4 Å². The molecule has 2 aromatic rings. The Balaban J connectivity index is 2.55. The molecule has 1 atom stereocenters. The van der Waals surface area contributed by atoms with Crippen LogP contribution in [0, 0.1) is 5.82 Å². The van der Waals surface area contributed by atoms with Gasteiger partial charge in [0.1, 0.15) is 5.82 Å². The number of aromatic nitrogens is 1. The lowest BCUT2D eigenvalue weighted by molar-refractivity contribution is 0.623. The zero-order valence-electron chi connectivity index (χ0n) is 18.0. The van der Waals surface area contributed by atoms with E-state index >= 15 is 0 Å². The largest absolute Gasteiger partial charge is 0.368 e. The van der Waals surface area contributed by atoms with Crippen LogP contribution in [0.25, 0.3) is 0 Å². The van der Waals surface area contributed by atoms with Crippen molar-refractivity contribution in [1.29, 1.82) is 0 Å². The second-order valence-electron chi connectivity index (χ2n) is 6.75. The van der Waals surface area contributed by atoms with Gasteiger partial charge >= 0.3 is 0 Å². The fraction of sp³-hybridized carbons (Fsp3) is 0.231. The van der Waals surface area contributed by atoms with Crippen molar-refractivity contribution in [3.05, 3.63) is 109 Å². The number of aryl methyl sites for hydroxylation is 1. The van der Waals surface area contributed by atoms with Crippen molar-refractivity contribution in [2.45, 2.75) is 39.5 Å². The van der Waals surface area contributed by atoms with Crippen molar-refractivity contribution in [2.75, 3.05) is 0 Å². The van der Waals surface area contributed by atoms with Gasteiger partial charge in [0.2, 0.25) is 0 Å². The summed E-state index contributed by atoms with van der Waals surface area (Å²) in [5.41, 5.74) is 4.55. The highest BCUT2D eigenvalue weighted by Crippen LogP contribution is 2.25. The van der Waals surface area contributed by atoms with Gasteiger partial charge in [-0.2, -0.15) is 0 Å². The molecule has 0 aliphatic heterocycles. The Kier molecular flexibility index (Phi) is 9.46. The van der Waals surface area contributed by atoms with Crippen LogP contribution in [0.15, 0.2) is 96.4 Å². The summed E-state index contributed by atoms with van der Waals surface area (Å²) in [6, 6.07) is 10.7. The Bertz CT molecular complexity index is 954. The number of hydrogen-bond acceptors (Lipinski definition) is 3. The molecular formula is C26H30FN3. The molecular weight excluding hydrogens is 373 g/mol. The first-order chi connectivity index (χ1) is 14.6. The molecule has 1 unspecified atom stereocenters. The van der Waals surface area contributed by atoms with Gasteiger partial charge in [-0.25, -0.2) is 9.38 Å². The molecule has 0 radical (unpaired) electrons. The Morgan fingerprint density at radius 2 is 2.07 bits per heavy atom. The number of nitrogens with one attached hydrogen (secondary N) is 1. The van der Waals surface area contributed by atoms with Crippen LogP contribution in [0.1, 0.15) is 44.4 Å². The summed E-state index contributed by atoms with van der Waals surface area (Å²) in [4.78, 5) is 9.23. The summed E-state index contributed by atoms with van der Waals surface area (Å²) in [7, 11) is 0. The van der Waals surface area contributed by atoms with Crippen LogP contribution in [-0.4, -0.2) is 10.7 Å². The van der Waals surface area contributed by atoms with Gasteiger partial charge in [-0.1, -0.05) is 44.7 Å². The number of aliphatic imine (C=N–C) groups is 1. The molecule has 0 saturated carbocycles. The van der Waals surface area contributed by atoms with Crippen LogP contribution < -0.4 is 5.32 Å². The lowest BCUT2D eigenvalue weighted by Crippen LogP contribution is -2.03. The topological polar surface area (TPSA) is 37.3 Å². The van der Waals surface area contributed by atoms with Crippen molar-refractivity contribution >= 4 is 11.4 Å². The van der Waals surface area contributed by atoms with E-state index in [1.807, 2.05) is 49.6 Å². The molecule has 30 heavy (non-hydrogen) atoms. The van der Waals surface area contributed by atoms with E-state index in [0.29, 0.717) is 0 Å². The summed E-state index contributed by atoms with van der Waals surface area (Å²) in [6.07, 6.45) is 15.0. The predicted molar refractivity (Wildman–Crippen MR) is 126 cm³/mol. The molecule has 1 N–H and O–H groups in total. The van der Waals surface area contributed by atoms with Gasteiger partial charge in [-0.05, 0) is 73.5 Å². The van der Waals surface area contributed by atoms with Crippen molar-refractivity contribution in [2.24, 2.45) is 4.99 Å². The molecule has 3 nitrogen and oxygen atoms in total. The zero-order chi connectivity index (χ0) is 21.8. The number of pyridine rings is 1. The van der Waals surface area contributed by atoms with Gasteiger partial charge < -0.3 is 5.32 Å². The van der Waals surface area contributed by atoms with Crippen molar-refractivity contribution in [3.63, 3.8) is 0 Å². The third kappa shape index (κ3) is 6.96. The quantitative estimate of drug-likeness (QED) is 0.350. The molecule has 0 fully saturated rings. The van der Waals surface area contributed by atoms with E-state index in [9.17, 15) is 4.39 Å². The van der Waals surface area contributed by atoms with E-state index in [0.717, 1.165) is 41.1 Å². The first kappa shape index (κ1) is 23.0. The van der Waals surface area contributed by atoms with Crippen LogP contribution in [0.5, 0.6) is 0 Å². The normalized spacial score (nSPS) is 13.7. The Hall–Kier alpha value is -3.27. The molecule has 1 heterocycles. The summed E-state index contributed by atoms with van der Waals surface area (Å²) in [5, 5.41) is 2.99. The zero-order valence-corrected chi connectivity index (χ0v) is 18.0. The van der Waals surface area contributed by atoms with Crippen LogP contribution in [0.3, 0.4) is 0 Å². The van der Waals surface area contributed by atoms with E-state index in [1.54, 1.807) is 24.5 Å². The van der Waals surface area contributed by atoms with Crippen molar-refractivity contribution in [1.82, 2.24) is 10.3 Å². The molecule has 156 valence electrons. The smallest absolute Gasteiger partial charge is 0.123 e. The highest BCUT2D eigenvalue weighted by molar-refractivity contribution is 6.11. The minimum absolute atomic E-state index is 0.0585. The molecule has 0 amide bonds. The summed E-state index contributed by atoms with van der Waals surface area (Å²) < 4.78 is 13.8. The maximum atomic E-state index is 13.8. The maximum absolute atomic E-state index is 13.8. The van der Waals surface area contributed by atoms with Gasteiger partial charge in [0.25, 0.3) is 0 Å². The SMILES string of the molecule is C=CN\C=C/C(=C\C(CC)c1cccc(F)c1)C(/C=C\C)=N\c1ccnc(CC)c1. The van der Waals surface area contributed by atoms with Crippen LogP contribution in [0.4, 0.5) is 10.1 Å². The summed E-state index contributed by atoms with van der Waals surface area (Å²) in [6.45, 7) is 9.82. The van der Waals surface area contributed by atoms with E-state index in [2.05, 4.69) is 36.8 Å². The molecule has 1 aromatic heterocycles. The van der Waals surface area contributed by atoms with Crippen LogP contribution in [-0.2, 0) is 6.42 Å². The fourth-order valence-corrected chi connectivity index (χ4v) is 3.06. The second kappa shape index (κ2) is 12.3. The van der Waals surface area contributed by atoms with Gasteiger partial charge in [-0.15, -0.1) is 0 Å². The Morgan fingerprint density at radius 1 is 1.23 bits per heavy atom. The average molecular weight is 404 g/mol. The lowest BCUT2D eigenvalue weighted by Gasteiger charge is -2.14. The minimum Gasteiger partial charge on any atom is -0.368 e. The lowest BCUT2D eigenvalue weighted by atomic mass is 9.92. The molecule has 0 aliphatic carbocycles. The maximum Gasteiger partial charge on any atom is 0.123 e. The number of hydrogen-bond donors (Lipinski definition) is 1. The second-order valence-corrected chi connectivity index (χ2v) is 6.75. The average Bonchev–Trinajstić information content (AvgIpc) is 2.76. The van der Waals surface area contributed by atoms with Crippen LogP contribution in [0.2, 0.25) is 0 Å². The van der Waals surface area contributed by atoms with E-state index in [1.165, 1.54) is 6.07 Å². The van der Waals surface area contributed by atoms with Gasteiger partial charge in [0.15, 0.2) is 0 Å². The molecule has 0 saturated heterocycles. The Labute approximate surface area is 179 Å². The van der Waals surface area contributed by atoms with Gasteiger partial charge in [-0.3, -0.25) is 4.98 Å². The van der Waals surface area contributed by atoms with Gasteiger partial charge in [0, 0.05) is 24.0 Å². The first-order valence-electron chi connectivity index (χ1n) is 10.3. The standard InChI is InChI=1S/C26H30FN3/c1-5-10-26(30-25-14-16-29-24(7-3)19-25)22(13-15-28-8-4)17-20(6-2)21-11-9-12-23(27)18-21/h5,8-20,28H,4,6-7H2,1-3H3/b10-5-,15-13-,22-17+,30-26-. The third-order valence-corrected chi connectivity index (χ3v) is 4.61. The highest BCUT2D eigenvalue weighted by Gasteiger charge is 2.11. The molecule has 0 bridgehead atoms. The summed E-state index contributed by atoms with van der Waals surface area (Å²) in [5.74, 6) is -0.167. The van der Waals surface area contributed by atoms with Crippen molar-refractivity contribution < 1.29 is 4.39 Å².